The second-order valence-corrected chi connectivity index (χ2v) is 8.43. The first-order valence-electron chi connectivity index (χ1n) is 10.9. The van der Waals surface area contributed by atoms with Gasteiger partial charge < -0.3 is 24.8 Å². The number of nitrogens with zero attached hydrogens (tertiary/aromatic N) is 2. The van der Waals surface area contributed by atoms with Gasteiger partial charge in [0.15, 0.2) is 17.3 Å². The number of rotatable bonds is 6. The summed E-state index contributed by atoms with van der Waals surface area (Å²) in [7, 11) is 0. The van der Waals surface area contributed by atoms with E-state index in [2.05, 4.69) is 20.6 Å². The van der Waals surface area contributed by atoms with Crippen LogP contribution in [0.3, 0.4) is 0 Å². The Labute approximate surface area is 194 Å². The van der Waals surface area contributed by atoms with Gasteiger partial charge in [-0.3, -0.25) is 0 Å². The molecule has 1 aromatic heterocycles. The summed E-state index contributed by atoms with van der Waals surface area (Å²) < 4.78 is 46.0. The quantitative estimate of drug-likeness (QED) is 0.503. The molecule has 0 radical (unpaired) electrons. The minimum absolute atomic E-state index is 0.00524. The van der Waals surface area contributed by atoms with Crippen molar-refractivity contribution in [1.82, 2.24) is 15.3 Å². The molecule has 5 rings (SSSR count). The zero-order valence-electron chi connectivity index (χ0n) is 17.7. The maximum Gasteiger partial charge on any atom is 0.168 e. The van der Waals surface area contributed by atoms with Gasteiger partial charge in [0, 0.05) is 17.9 Å². The molecule has 0 amide bonds. The van der Waals surface area contributed by atoms with E-state index in [9.17, 15) is 8.78 Å². The van der Waals surface area contributed by atoms with Crippen LogP contribution in [0, 0.1) is 11.6 Å². The highest BCUT2D eigenvalue weighted by molar-refractivity contribution is 6.31. The Balaban J connectivity index is 1.52. The molecule has 174 valence electrons. The number of halogens is 3. The molecule has 2 aliphatic rings. The number of fused-ring (bicyclic) bond motifs is 1. The van der Waals surface area contributed by atoms with E-state index in [1.165, 1.54) is 12.4 Å². The van der Waals surface area contributed by atoms with Crippen LogP contribution < -0.4 is 20.1 Å². The predicted octanol–water partition coefficient (Wildman–Crippen LogP) is 4.60. The molecule has 1 atom stereocenters. The first kappa shape index (κ1) is 22.1. The topological polar surface area (TPSA) is 77.5 Å². The Morgan fingerprint density at radius 2 is 1.82 bits per heavy atom. The van der Waals surface area contributed by atoms with Gasteiger partial charge in [-0.05, 0) is 44.1 Å². The number of nitrogens with one attached hydrogen (secondary N) is 2. The van der Waals surface area contributed by atoms with Gasteiger partial charge >= 0.3 is 0 Å². The van der Waals surface area contributed by atoms with Crippen molar-refractivity contribution in [1.29, 1.82) is 0 Å². The van der Waals surface area contributed by atoms with E-state index < -0.39 is 16.7 Å². The summed E-state index contributed by atoms with van der Waals surface area (Å²) in [6.07, 6.45) is 3.89. The summed E-state index contributed by atoms with van der Waals surface area (Å²) in [5.74, 6) is -0.236. The molecule has 0 spiro atoms. The van der Waals surface area contributed by atoms with Gasteiger partial charge in [-0.25, -0.2) is 18.7 Å². The number of hydrogen-bond donors (Lipinski definition) is 2. The molecule has 0 unspecified atom stereocenters. The Morgan fingerprint density at radius 1 is 1.03 bits per heavy atom. The Hall–Kier alpha value is -2.75. The van der Waals surface area contributed by atoms with Crippen molar-refractivity contribution in [3.05, 3.63) is 47.2 Å². The van der Waals surface area contributed by atoms with Gasteiger partial charge in [-0.1, -0.05) is 11.6 Å². The molecular formula is C23H23ClF2N4O3. The lowest BCUT2D eigenvalue weighted by atomic mass is 10.1. The van der Waals surface area contributed by atoms with Crippen molar-refractivity contribution >= 4 is 34.0 Å². The van der Waals surface area contributed by atoms with E-state index in [1.54, 1.807) is 12.1 Å². The standard InChI is InChI=1S/C23H23ClF2N4O3/c24-21-16(25)1-2-17(22(21)26)30-23-15-9-19(32-13-3-6-27-7-4-13)20(10-18(15)28-12-29-23)33-14-5-8-31-11-14/h1-2,9-10,12-14,27H,3-8,11H2,(H,28,29,30)/t14-/m0/s1. The number of benzene rings is 2. The van der Waals surface area contributed by atoms with Crippen LogP contribution in [-0.2, 0) is 4.74 Å². The average molecular weight is 477 g/mol. The highest BCUT2D eigenvalue weighted by Gasteiger charge is 2.23. The lowest BCUT2D eigenvalue weighted by molar-refractivity contribution is 0.125. The Morgan fingerprint density at radius 3 is 2.61 bits per heavy atom. The third kappa shape index (κ3) is 4.80. The lowest BCUT2D eigenvalue weighted by Gasteiger charge is -2.26. The highest BCUT2D eigenvalue weighted by atomic mass is 35.5. The van der Waals surface area contributed by atoms with Crippen LogP contribution >= 0.6 is 11.6 Å². The molecule has 3 aromatic rings. The van der Waals surface area contributed by atoms with Gasteiger partial charge in [0.05, 0.1) is 24.4 Å². The molecule has 3 heterocycles. The zero-order chi connectivity index (χ0) is 22.8. The number of piperidine rings is 1. The van der Waals surface area contributed by atoms with Crippen LogP contribution in [0.25, 0.3) is 10.9 Å². The van der Waals surface area contributed by atoms with E-state index >= 15 is 0 Å². The molecule has 0 aliphatic carbocycles. The van der Waals surface area contributed by atoms with Crippen molar-refractivity contribution in [3.8, 4) is 11.5 Å². The maximum atomic E-state index is 14.5. The monoisotopic (exact) mass is 476 g/mol. The Kier molecular flexibility index (Phi) is 6.43. The first-order chi connectivity index (χ1) is 16.1. The van der Waals surface area contributed by atoms with Gasteiger partial charge in [0.2, 0.25) is 0 Å². The molecule has 2 N–H and O–H groups in total. The normalized spacial score (nSPS) is 19.1. The van der Waals surface area contributed by atoms with Crippen LogP contribution in [0.5, 0.6) is 11.5 Å². The fourth-order valence-corrected chi connectivity index (χ4v) is 4.14. The molecule has 10 heteroatoms. The summed E-state index contributed by atoms with van der Waals surface area (Å²) in [4.78, 5) is 8.62. The van der Waals surface area contributed by atoms with Crippen molar-refractivity contribution in [2.45, 2.75) is 31.5 Å². The molecule has 2 fully saturated rings. The van der Waals surface area contributed by atoms with E-state index in [0.29, 0.717) is 41.4 Å². The third-order valence-corrected chi connectivity index (χ3v) is 6.10. The smallest absolute Gasteiger partial charge is 0.168 e. The summed E-state index contributed by atoms with van der Waals surface area (Å²) in [6, 6.07) is 5.96. The third-order valence-electron chi connectivity index (χ3n) is 5.75. The van der Waals surface area contributed by atoms with E-state index in [1.807, 2.05) is 0 Å². The number of anilines is 2. The second-order valence-electron chi connectivity index (χ2n) is 8.06. The van der Waals surface area contributed by atoms with Gasteiger partial charge in [0.1, 0.15) is 35.2 Å². The summed E-state index contributed by atoms with van der Waals surface area (Å²) >= 11 is 5.73. The molecule has 2 aliphatic heterocycles. The van der Waals surface area contributed by atoms with Crippen LogP contribution in [0.2, 0.25) is 5.02 Å². The number of ether oxygens (including phenoxy) is 3. The predicted molar refractivity (Wildman–Crippen MR) is 121 cm³/mol. The fourth-order valence-electron chi connectivity index (χ4n) is 3.98. The number of hydrogen-bond acceptors (Lipinski definition) is 7. The van der Waals surface area contributed by atoms with Crippen molar-refractivity contribution < 1.29 is 23.0 Å². The second kappa shape index (κ2) is 9.62. The summed E-state index contributed by atoms with van der Waals surface area (Å²) in [5, 5.41) is 6.25. The minimum atomic E-state index is -0.893. The van der Waals surface area contributed by atoms with Crippen LogP contribution in [0.1, 0.15) is 19.3 Å². The molecule has 0 bridgehead atoms. The van der Waals surface area contributed by atoms with Crippen LogP contribution in [-0.4, -0.2) is 48.5 Å². The minimum Gasteiger partial charge on any atom is -0.486 e. The molecular weight excluding hydrogens is 454 g/mol. The van der Waals surface area contributed by atoms with E-state index in [4.69, 9.17) is 25.8 Å². The average Bonchev–Trinajstić information content (AvgIpc) is 3.34. The fraction of sp³-hybridized carbons (Fsp3) is 0.391. The summed E-state index contributed by atoms with van der Waals surface area (Å²) in [6.45, 7) is 2.94. The zero-order valence-corrected chi connectivity index (χ0v) is 18.5. The molecule has 33 heavy (non-hydrogen) atoms. The molecule has 2 saturated heterocycles. The van der Waals surface area contributed by atoms with Crippen molar-refractivity contribution in [3.63, 3.8) is 0 Å². The van der Waals surface area contributed by atoms with Crippen molar-refractivity contribution in [2.75, 3.05) is 31.6 Å². The molecule has 2 aromatic carbocycles. The van der Waals surface area contributed by atoms with Gasteiger partial charge in [-0.2, -0.15) is 0 Å². The van der Waals surface area contributed by atoms with Gasteiger partial charge in [-0.15, -0.1) is 0 Å². The maximum absolute atomic E-state index is 14.5. The van der Waals surface area contributed by atoms with Crippen LogP contribution in [0.4, 0.5) is 20.3 Å². The lowest BCUT2D eigenvalue weighted by Crippen LogP contribution is -2.34. The SMILES string of the molecule is Fc1ccc(Nc2ncnc3cc(O[C@H]4CCOC4)c(OC4CCNCC4)cc23)c(F)c1Cl. The summed E-state index contributed by atoms with van der Waals surface area (Å²) in [5.41, 5.74) is 0.596. The molecule has 0 saturated carbocycles. The molecule has 7 nitrogen and oxygen atoms in total. The highest BCUT2D eigenvalue weighted by Crippen LogP contribution is 2.38. The Bertz CT molecular complexity index is 1150. The largest absolute Gasteiger partial charge is 0.486 e. The number of aromatic nitrogens is 2. The van der Waals surface area contributed by atoms with E-state index in [-0.39, 0.29) is 17.9 Å². The van der Waals surface area contributed by atoms with Crippen molar-refractivity contribution in [2.24, 2.45) is 0 Å². The van der Waals surface area contributed by atoms with Crippen LogP contribution in [0.15, 0.2) is 30.6 Å². The van der Waals surface area contributed by atoms with Gasteiger partial charge in [0.25, 0.3) is 0 Å². The van der Waals surface area contributed by atoms with E-state index in [0.717, 1.165) is 38.4 Å². The first-order valence-corrected chi connectivity index (χ1v) is 11.3.